The second kappa shape index (κ2) is 24.6. The highest BCUT2D eigenvalue weighted by Gasteiger charge is 1.98. The third-order valence-corrected chi connectivity index (χ3v) is 1.77. The Labute approximate surface area is 107 Å². The molecule has 0 saturated heterocycles. The summed E-state index contributed by atoms with van der Waals surface area (Å²) in [6.07, 6.45) is 4.61. The zero-order valence-electron chi connectivity index (χ0n) is 12.3. The first kappa shape index (κ1) is 21.7. The monoisotopic (exact) mass is 248 g/mol. The molecule has 0 unspecified atom stereocenters. The molecule has 0 aliphatic rings. The van der Waals surface area contributed by atoms with Crippen molar-refractivity contribution in [2.24, 2.45) is 5.90 Å². The number of rotatable bonds is 8. The average molecular weight is 248 g/mol. The van der Waals surface area contributed by atoms with Crippen LogP contribution in [-0.2, 0) is 9.63 Å². The summed E-state index contributed by atoms with van der Waals surface area (Å²) in [6.45, 7) is 11.4. The molecular formula is C13H32N2O2. The van der Waals surface area contributed by atoms with Gasteiger partial charge in [-0.2, -0.15) is 0 Å². The van der Waals surface area contributed by atoms with Gasteiger partial charge in [0.2, 0.25) is 5.91 Å². The lowest BCUT2D eigenvalue weighted by Crippen LogP contribution is -2.24. The van der Waals surface area contributed by atoms with E-state index >= 15 is 0 Å². The Kier molecular flexibility index (Phi) is 31.3. The van der Waals surface area contributed by atoms with Crippen LogP contribution in [0, 0.1) is 0 Å². The highest BCUT2D eigenvalue weighted by molar-refractivity contribution is 5.75. The summed E-state index contributed by atoms with van der Waals surface area (Å²) in [5.74, 6) is 4.91. The van der Waals surface area contributed by atoms with Crippen LogP contribution in [0.5, 0.6) is 0 Å². The van der Waals surface area contributed by atoms with E-state index in [1.165, 1.54) is 12.8 Å². The highest BCUT2D eigenvalue weighted by Crippen LogP contribution is 1.92. The number of unbranched alkanes of at least 4 members (excludes halogenated alkanes) is 2. The van der Waals surface area contributed by atoms with Gasteiger partial charge in [-0.15, -0.1) is 0 Å². The van der Waals surface area contributed by atoms with Crippen molar-refractivity contribution in [2.75, 3.05) is 13.2 Å². The number of nitrogens with two attached hydrogens (primary N) is 1. The first-order valence-electron chi connectivity index (χ1n) is 6.89. The summed E-state index contributed by atoms with van der Waals surface area (Å²) in [6, 6.07) is 0. The molecule has 106 valence electrons. The molecule has 0 heterocycles. The second-order valence-electron chi connectivity index (χ2n) is 3.03. The van der Waals surface area contributed by atoms with Gasteiger partial charge in [0, 0.05) is 13.0 Å². The maximum atomic E-state index is 11.1. The summed E-state index contributed by atoms with van der Waals surface area (Å²) in [5, 5.41) is 2.84. The number of nitrogens with one attached hydrogen (secondary N) is 1. The molecule has 4 heteroatoms. The van der Waals surface area contributed by atoms with E-state index in [9.17, 15) is 4.79 Å². The molecule has 1 amide bonds. The van der Waals surface area contributed by atoms with Crippen LogP contribution in [0.25, 0.3) is 0 Å². The minimum absolute atomic E-state index is 0.0909. The van der Waals surface area contributed by atoms with Crippen LogP contribution in [0.1, 0.15) is 66.7 Å². The van der Waals surface area contributed by atoms with Crippen molar-refractivity contribution < 1.29 is 9.63 Å². The first-order chi connectivity index (χ1) is 8.31. The predicted octanol–water partition coefficient (Wildman–Crippen LogP) is 3.02. The van der Waals surface area contributed by atoms with Gasteiger partial charge in [-0.25, -0.2) is 5.90 Å². The van der Waals surface area contributed by atoms with Crippen molar-refractivity contribution >= 4 is 5.91 Å². The SMILES string of the molecule is CC.CC.CCCCCNC(=O)CCCON. The van der Waals surface area contributed by atoms with Gasteiger partial charge in [0.05, 0.1) is 6.61 Å². The van der Waals surface area contributed by atoms with Crippen molar-refractivity contribution in [3.63, 3.8) is 0 Å². The van der Waals surface area contributed by atoms with Crippen molar-refractivity contribution in [1.82, 2.24) is 5.32 Å². The maximum absolute atomic E-state index is 11.1. The van der Waals surface area contributed by atoms with Crippen LogP contribution >= 0.6 is 0 Å². The summed E-state index contributed by atoms with van der Waals surface area (Å²) < 4.78 is 0. The summed E-state index contributed by atoms with van der Waals surface area (Å²) >= 11 is 0. The van der Waals surface area contributed by atoms with E-state index in [0.29, 0.717) is 19.4 Å². The Hall–Kier alpha value is -0.610. The third-order valence-electron chi connectivity index (χ3n) is 1.77. The topological polar surface area (TPSA) is 64.3 Å². The molecule has 0 atom stereocenters. The molecule has 0 spiro atoms. The van der Waals surface area contributed by atoms with Gasteiger partial charge in [-0.05, 0) is 12.8 Å². The Balaban J connectivity index is -0.000000439. The number of carbonyl (C=O) groups is 1. The van der Waals surface area contributed by atoms with Crippen LogP contribution in [0.3, 0.4) is 0 Å². The van der Waals surface area contributed by atoms with Crippen LogP contribution in [-0.4, -0.2) is 19.1 Å². The van der Waals surface area contributed by atoms with Crippen molar-refractivity contribution in [3.8, 4) is 0 Å². The Morgan fingerprint density at radius 3 is 2.18 bits per heavy atom. The minimum atomic E-state index is 0.0909. The third kappa shape index (κ3) is 25.6. The van der Waals surface area contributed by atoms with E-state index < -0.39 is 0 Å². The van der Waals surface area contributed by atoms with Gasteiger partial charge in [0.15, 0.2) is 0 Å². The molecule has 0 aromatic heterocycles. The molecule has 0 radical (unpaired) electrons. The molecule has 0 aromatic carbocycles. The standard InChI is InChI=1S/C9H20N2O2.2C2H6/c1-2-3-4-7-11-9(12)6-5-8-13-10;2*1-2/h2-8,10H2,1H3,(H,11,12);2*1-2H3. The molecule has 0 saturated carbocycles. The smallest absolute Gasteiger partial charge is 0.220 e. The van der Waals surface area contributed by atoms with Crippen LogP contribution in [0.4, 0.5) is 0 Å². The Morgan fingerprint density at radius 1 is 1.12 bits per heavy atom. The molecular weight excluding hydrogens is 216 g/mol. The van der Waals surface area contributed by atoms with Gasteiger partial charge < -0.3 is 10.2 Å². The average Bonchev–Trinajstić information content (AvgIpc) is 2.40. The fourth-order valence-corrected chi connectivity index (χ4v) is 1.01. The number of carbonyl (C=O) groups excluding carboxylic acids is 1. The van der Waals surface area contributed by atoms with E-state index in [4.69, 9.17) is 5.90 Å². The zero-order chi connectivity index (χ0) is 13.9. The van der Waals surface area contributed by atoms with E-state index in [-0.39, 0.29) is 5.91 Å². The van der Waals surface area contributed by atoms with Gasteiger partial charge in [-0.1, -0.05) is 47.5 Å². The largest absolute Gasteiger partial charge is 0.356 e. The molecule has 17 heavy (non-hydrogen) atoms. The van der Waals surface area contributed by atoms with E-state index in [1.807, 2.05) is 27.7 Å². The predicted molar refractivity (Wildman–Crippen MR) is 74.6 cm³/mol. The summed E-state index contributed by atoms with van der Waals surface area (Å²) in [5.41, 5.74) is 0. The summed E-state index contributed by atoms with van der Waals surface area (Å²) in [4.78, 5) is 15.4. The maximum Gasteiger partial charge on any atom is 0.220 e. The van der Waals surface area contributed by atoms with Gasteiger partial charge in [-0.3, -0.25) is 4.79 Å². The summed E-state index contributed by atoms with van der Waals surface area (Å²) in [7, 11) is 0. The fourth-order valence-electron chi connectivity index (χ4n) is 1.01. The molecule has 4 nitrogen and oxygen atoms in total. The van der Waals surface area contributed by atoms with Gasteiger partial charge in [0.25, 0.3) is 0 Å². The molecule has 0 aliphatic carbocycles. The molecule has 0 aromatic rings. The Bertz CT molecular complexity index is 131. The zero-order valence-corrected chi connectivity index (χ0v) is 12.3. The van der Waals surface area contributed by atoms with E-state index in [0.717, 1.165) is 13.0 Å². The van der Waals surface area contributed by atoms with E-state index in [2.05, 4.69) is 17.1 Å². The quantitative estimate of drug-likeness (QED) is 0.512. The van der Waals surface area contributed by atoms with Gasteiger partial charge >= 0.3 is 0 Å². The molecule has 0 fully saturated rings. The lowest BCUT2D eigenvalue weighted by Gasteiger charge is -2.03. The van der Waals surface area contributed by atoms with Crippen LogP contribution < -0.4 is 11.2 Å². The fraction of sp³-hybridized carbons (Fsp3) is 0.923. The van der Waals surface area contributed by atoms with E-state index in [1.54, 1.807) is 0 Å². The molecule has 0 rings (SSSR count). The van der Waals surface area contributed by atoms with Crippen molar-refractivity contribution in [2.45, 2.75) is 66.7 Å². The highest BCUT2D eigenvalue weighted by atomic mass is 16.6. The number of hydrogen-bond donors (Lipinski definition) is 2. The molecule has 0 bridgehead atoms. The molecule has 3 N–H and O–H groups in total. The van der Waals surface area contributed by atoms with Crippen molar-refractivity contribution in [1.29, 1.82) is 0 Å². The van der Waals surface area contributed by atoms with Crippen LogP contribution in [0.15, 0.2) is 0 Å². The lowest BCUT2D eigenvalue weighted by molar-refractivity contribution is -0.121. The number of amides is 1. The first-order valence-corrected chi connectivity index (χ1v) is 6.89. The van der Waals surface area contributed by atoms with Gasteiger partial charge in [0.1, 0.15) is 0 Å². The number of hydrogen-bond acceptors (Lipinski definition) is 3. The minimum Gasteiger partial charge on any atom is -0.356 e. The van der Waals surface area contributed by atoms with Crippen LogP contribution in [0.2, 0.25) is 0 Å². The molecule has 0 aliphatic heterocycles. The lowest BCUT2D eigenvalue weighted by atomic mass is 10.2. The Morgan fingerprint density at radius 2 is 1.71 bits per heavy atom. The normalized spacial score (nSPS) is 8.35. The second-order valence-corrected chi connectivity index (χ2v) is 3.03. The van der Waals surface area contributed by atoms with Crippen molar-refractivity contribution in [3.05, 3.63) is 0 Å².